The second-order valence-electron chi connectivity index (χ2n) is 2.75. The smallest absolute Gasteiger partial charge is 0.211 e. The third-order valence-corrected chi connectivity index (χ3v) is 1.99. The van der Waals surface area contributed by atoms with E-state index in [1.165, 1.54) is 0 Å². The minimum atomic E-state index is 0.688. The Morgan fingerprint density at radius 1 is 1.00 bits per heavy atom. The molecule has 0 saturated heterocycles. The Morgan fingerprint density at radius 2 is 1.36 bits per heavy atom. The van der Waals surface area contributed by atoms with Gasteiger partial charge in [0.1, 0.15) is 11.4 Å². The first-order valence-electron chi connectivity index (χ1n) is 3.58. The predicted octanol–water partition coefficient (Wildman–Crippen LogP) is 0.949. The molecular weight excluding hydrogens is 140 g/mol. The van der Waals surface area contributed by atoms with Crippen LogP contribution in [0.5, 0.6) is 0 Å². The lowest BCUT2D eigenvalue weighted by molar-refractivity contribution is -0.620. The lowest BCUT2D eigenvalue weighted by Gasteiger charge is -2.07. The van der Waals surface area contributed by atoms with Crippen LogP contribution >= 0.6 is 0 Å². The second-order valence-corrected chi connectivity index (χ2v) is 2.75. The molecule has 0 aromatic carbocycles. The molecule has 3 nitrogen and oxygen atoms in total. The molecular formula is C8H12N2O. The fourth-order valence-corrected chi connectivity index (χ4v) is 0.959. The van der Waals surface area contributed by atoms with Gasteiger partial charge in [-0.15, -0.1) is 0 Å². The molecule has 60 valence electrons. The molecule has 0 radical (unpaired) electrons. The maximum atomic E-state index is 11.3. The van der Waals surface area contributed by atoms with Gasteiger partial charge in [0, 0.05) is 13.8 Å². The zero-order valence-electron chi connectivity index (χ0n) is 7.30. The van der Waals surface area contributed by atoms with Crippen molar-refractivity contribution in [2.24, 2.45) is 0 Å². The molecule has 0 atom stereocenters. The Labute approximate surface area is 66.3 Å². The number of hydrogen-bond donors (Lipinski definition) is 0. The summed E-state index contributed by atoms with van der Waals surface area (Å²) in [5, 5.41) is 11.3. The highest BCUT2D eigenvalue weighted by Gasteiger charge is 2.10. The summed E-state index contributed by atoms with van der Waals surface area (Å²) in [5.74, 6) is 0. The summed E-state index contributed by atoms with van der Waals surface area (Å²) in [6, 6.07) is 0. The van der Waals surface area contributed by atoms with Crippen LogP contribution in [0.4, 0.5) is 0 Å². The van der Waals surface area contributed by atoms with E-state index in [-0.39, 0.29) is 0 Å². The molecule has 0 N–H and O–H groups in total. The lowest BCUT2D eigenvalue weighted by Crippen LogP contribution is -2.36. The van der Waals surface area contributed by atoms with Gasteiger partial charge in [-0.2, -0.15) is 4.73 Å². The average Bonchev–Trinajstić information content (AvgIpc) is 1.97. The van der Waals surface area contributed by atoms with Gasteiger partial charge < -0.3 is 5.21 Å². The molecule has 0 aliphatic carbocycles. The molecule has 0 fully saturated rings. The summed E-state index contributed by atoms with van der Waals surface area (Å²) < 4.78 is 0.928. The molecule has 1 rings (SSSR count). The standard InChI is InChI=1S/C8H12N2O/c1-5-7(3)10(11)8(4)6(2)9-5/h1-4H3. The van der Waals surface area contributed by atoms with E-state index < -0.39 is 0 Å². The SMILES string of the molecule is Cc1nc(C)c(C)[n+]([O-])c1C. The summed E-state index contributed by atoms with van der Waals surface area (Å²) in [7, 11) is 0. The zero-order chi connectivity index (χ0) is 8.59. The molecule has 0 spiro atoms. The summed E-state index contributed by atoms with van der Waals surface area (Å²) in [6.07, 6.45) is 0. The predicted molar refractivity (Wildman–Crippen MR) is 42.1 cm³/mol. The maximum absolute atomic E-state index is 11.3. The number of nitrogens with zero attached hydrogens (tertiary/aromatic N) is 2. The minimum absolute atomic E-state index is 0.688. The first-order chi connectivity index (χ1) is 5.04. The minimum Gasteiger partial charge on any atom is -0.618 e. The molecule has 0 saturated carbocycles. The van der Waals surface area contributed by atoms with Gasteiger partial charge in [-0.05, 0) is 13.8 Å². The van der Waals surface area contributed by atoms with Crippen molar-refractivity contribution >= 4 is 0 Å². The van der Waals surface area contributed by atoms with Crippen LogP contribution in [0.15, 0.2) is 0 Å². The van der Waals surface area contributed by atoms with Gasteiger partial charge >= 0.3 is 0 Å². The topological polar surface area (TPSA) is 39.8 Å². The Hall–Kier alpha value is -1.12. The van der Waals surface area contributed by atoms with E-state index in [0.717, 1.165) is 16.1 Å². The van der Waals surface area contributed by atoms with Crippen LogP contribution in [0.2, 0.25) is 0 Å². The number of aromatic nitrogens is 2. The van der Waals surface area contributed by atoms with Gasteiger partial charge in [0.2, 0.25) is 11.4 Å². The highest BCUT2D eigenvalue weighted by Crippen LogP contribution is 2.02. The van der Waals surface area contributed by atoms with Gasteiger partial charge in [-0.1, -0.05) is 0 Å². The van der Waals surface area contributed by atoms with Crippen LogP contribution in [0.3, 0.4) is 0 Å². The number of hydrogen-bond acceptors (Lipinski definition) is 2. The Balaban J connectivity index is 3.46. The Bertz CT molecular complexity index is 268. The van der Waals surface area contributed by atoms with Gasteiger partial charge in [0.15, 0.2) is 0 Å². The summed E-state index contributed by atoms with van der Waals surface area (Å²) in [5.41, 5.74) is 2.99. The number of aryl methyl sites for hydroxylation is 2. The van der Waals surface area contributed by atoms with Crippen molar-refractivity contribution in [2.45, 2.75) is 27.7 Å². The third-order valence-electron chi connectivity index (χ3n) is 1.99. The van der Waals surface area contributed by atoms with Crippen molar-refractivity contribution < 1.29 is 4.73 Å². The fraction of sp³-hybridized carbons (Fsp3) is 0.500. The van der Waals surface area contributed by atoms with Crippen molar-refractivity contribution in [3.8, 4) is 0 Å². The van der Waals surface area contributed by atoms with E-state index >= 15 is 0 Å². The molecule has 0 bridgehead atoms. The molecule has 1 aromatic rings. The summed E-state index contributed by atoms with van der Waals surface area (Å²) in [4.78, 5) is 4.21. The van der Waals surface area contributed by atoms with Crippen molar-refractivity contribution in [1.29, 1.82) is 0 Å². The molecule has 0 aliphatic rings. The van der Waals surface area contributed by atoms with E-state index in [2.05, 4.69) is 4.98 Å². The van der Waals surface area contributed by atoms with Crippen LogP contribution in [-0.4, -0.2) is 4.98 Å². The van der Waals surface area contributed by atoms with Crippen molar-refractivity contribution in [1.82, 2.24) is 4.98 Å². The highest BCUT2D eigenvalue weighted by atomic mass is 16.5. The van der Waals surface area contributed by atoms with Gasteiger partial charge in [0.25, 0.3) is 0 Å². The van der Waals surface area contributed by atoms with E-state index in [4.69, 9.17) is 0 Å². The van der Waals surface area contributed by atoms with E-state index in [1.54, 1.807) is 13.8 Å². The van der Waals surface area contributed by atoms with E-state index in [0.29, 0.717) is 11.4 Å². The maximum Gasteiger partial charge on any atom is 0.211 e. The van der Waals surface area contributed by atoms with E-state index in [9.17, 15) is 5.21 Å². The quantitative estimate of drug-likeness (QED) is 0.410. The summed E-state index contributed by atoms with van der Waals surface area (Å²) >= 11 is 0. The fourth-order valence-electron chi connectivity index (χ4n) is 0.959. The van der Waals surface area contributed by atoms with Crippen LogP contribution in [0, 0.1) is 32.9 Å². The van der Waals surface area contributed by atoms with Crippen molar-refractivity contribution in [3.05, 3.63) is 28.0 Å². The monoisotopic (exact) mass is 152 g/mol. The first-order valence-corrected chi connectivity index (χ1v) is 3.58. The molecule has 3 heteroatoms. The van der Waals surface area contributed by atoms with Crippen LogP contribution in [0.1, 0.15) is 22.8 Å². The molecule has 11 heavy (non-hydrogen) atoms. The van der Waals surface area contributed by atoms with Gasteiger partial charge in [0.05, 0.1) is 0 Å². The third kappa shape index (κ3) is 1.18. The van der Waals surface area contributed by atoms with Crippen LogP contribution < -0.4 is 4.73 Å². The van der Waals surface area contributed by atoms with Crippen LogP contribution in [-0.2, 0) is 0 Å². The zero-order valence-corrected chi connectivity index (χ0v) is 7.30. The van der Waals surface area contributed by atoms with Crippen molar-refractivity contribution in [2.75, 3.05) is 0 Å². The molecule has 0 amide bonds. The van der Waals surface area contributed by atoms with Crippen molar-refractivity contribution in [3.63, 3.8) is 0 Å². The van der Waals surface area contributed by atoms with Crippen LogP contribution in [0.25, 0.3) is 0 Å². The molecule has 1 aromatic heterocycles. The average molecular weight is 152 g/mol. The summed E-state index contributed by atoms with van der Waals surface area (Å²) in [6.45, 7) is 7.25. The molecule has 0 aliphatic heterocycles. The Kier molecular flexibility index (Phi) is 1.81. The lowest BCUT2D eigenvalue weighted by atomic mass is 10.3. The normalized spacial score (nSPS) is 10.2. The van der Waals surface area contributed by atoms with Gasteiger partial charge in [-0.25, -0.2) is 4.98 Å². The molecule has 0 unspecified atom stereocenters. The largest absolute Gasteiger partial charge is 0.618 e. The van der Waals surface area contributed by atoms with E-state index in [1.807, 2.05) is 13.8 Å². The highest BCUT2D eigenvalue weighted by molar-refractivity contribution is 5.09. The Morgan fingerprint density at radius 3 is 1.73 bits per heavy atom. The number of rotatable bonds is 0. The first kappa shape index (κ1) is 7.98. The van der Waals surface area contributed by atoms with Gasteiger partial charge in [-0.3, -0.25) is 0 Å². The second kappa shape index (κ2) is 2.49. The molecule has 1 heterocycles.